The molecule has 2 aromatic rings. The van der Waals surface area contributed by atoms with E-state index in [1.807, 2.05) is 4.90 Å². The van der Waals surface area contributed by atoms with Crippen LogP contribution in [-0.4, -0.2) is 99.9 Å². The average Bonchev–Trinajstić information content (AvgIpc) is 3.29. The normalized spacial score (nSPS) is 15.9. The number of nitrogens with zero attached hydrogens (tertiary/aromatic N) is 5. The zero-order valence-corrected chi connectivity index (χ0v) is 18.9. The first-order valence-corrected chi connectivity index (χ1v) is 12.9. The highest BCUT2D eigenvalue weighted by Gasteiger charge is 2.33. The zero-order valence-electron chi connectivity index (χ0n) is 17.3. The van der Waals surface area contributed by atoms with E-state index in [1.165, 1.54) is 12.1 Å². The van der Waals surface area contributed by atoms with E-state index >= 15 is 0 Å². The van der Waals surface area contributed by atoms with Gasteiger partial charge in [-0.3, -0.25) is 4.90 Å². The predicted molar refractivity (Wildman–Crippen MR) is 116 cm³/mol. The molecule has 178 valence electrons. The lowest BCUT2D eigenvalue weighted by Gasteiger charge is -2.37. The summed E-state index contributed by atoms with van der Waals surface area (Å²) in [5.74, 6) is -0.0254. The van der Waals surface area contributed by atoms with Gasteiger partial charge in [-0.15, -0.1) is 5.10 Å². The van der Waals surface area contributed by atoms with Crippen LogP contribution in [0.3, 0.4) is 0 Å². The quantitative estimate of drug-likeness (QED) is 0.231. The summed E-state index contributed by atoms with van der Waals surface area (Å²) in [5.41, 5.74) is 5.80. The minimum Gasteiger partial charge on any atom is -0.396 e. The number of hydrogen-bond donors (Lipinski definition) is 5. The number of benzene rings is 1. The van der Waals surface area contributed by atoms with Crippen LogP contribution in [-0.2, 0) is 20.0 Å². The van der Waals surface area contributed by atoms with Crippen LogP contribution in [0.5, 0.6) is 0 Å². The fraction of sp³-hybridized carbons (Fsp3) is 0.562. The maximum absolute atomic E-state index is 12.8. The van der Waals surface area contributed by atoms with E-state index in [-0.39, 0.29) is 31.1 Å². The molecule has 1 aromatic carbocycles. The molecule has 0 aliphatic carbocycles. The number of H-pyrrole nitrogens is 1. The van der Waals surface area contributed by atoms with Crippen LogP contribution in [0.25, 0.3) is 11.4 Å². The van der Waals surface area contributed by atoms with Crippen LogP contribution in [0.15, 0.2) is 21.9 Å². The van der Waals surface area contributed by atoms with Gasteiger partial charge >= 0.3 is 0 Å². The summed E-state index contributed by atoms with van der Waals surface area (Å²) >= 11 is 0. The van der Waals surface area contributed by atoms with Gasteiger partial charge in [0.25, 0.3) is 0 Å². The van der Waals surface area contributed by atoms with E-state index in [0.29, 0.717) is 38.3 Å². The fourth-order valence-corrected chi connectivity index (χ4v) is 6.23. The number of piperazine rings is 1. The number of aliphatic hydroxyl groups is 1. The van der Waals surface area contributed by atoms with Crippen LogP contribution >= 0.6 is 0 Å². The molecular weight excluding hydrogens is 462 g/mol. The van der Waals surface area contributed by atoms with E-state index in [0.717, 1.165) is 6.54 Å². The number of rotatable bonds is 10. The van der Waals surface area contributed by atoms with Crippen molar-refractivity contribution in [3.8, 4) is 11.4 Å². The summed E-state index contributed by atoms with van der Waals surface area (Å²) in [6.45, 7) is 3.24. The Morgan fingerprint density at radius 1 is 1.16 bits per heavy atom. The fourth-order valence-electron chi connectivity index (χ4n) is 3.58. The van der Waals surface area contributed by atoms with Crippen LogP contribution in [0.1, 0.15) is 6.42 Å². The molecule has 16 heteroatoms. The maximum Gasteiger partial charge on any atom is 0.241 e. The molecular formula is C16H27N9O5S2. The monoisotopic (exact) mass is 489 g/mol. The Bertz CT molecular complexity index is 1120. The van der Waals surface area contributed by atoms with Crippen molar-refractivity contribution in [1.29, 1.82) is 0 Å². The van der Waals surface area contributed by atoms with Gasteiger partial charge in [0, 0.05) is 58.1 Å². The highest BCUT2D eigenvalue weighted by Crippen LogP contribution is 2.38. The molecule has 0 amide bonds. The summed E-state index contributed by atoms with van der Waals surface area (Å²) < 4.78 is 53.2. The summed E-state index contributed by atoms with van der Waals surface area (Å²) in [7, 11) is -8.75. The Kier molecular flexibility index (Phi) is 7.75. The molecule has 1 fully saturated rings. The van der Waals surface area contributed by atoms with E-state index in [4.69, 9.17) is 16.0 Å². The standard InChI is InChI=1S/C16H27N9O5S2/c17-4-5-19-32(29,30)13-3-2-12(25-9-7-24(8-10-25)6-1-11-26)14(15(13)31(18,27)28)16-20-22-23-21-16/h2-3,19,26H,1,4-11,17H2,(H2,18,27,28)(H,20,21,22,23). The van der Waals surface area contributed by atoms with Crippen molar-refractivity contribution in [2.75, 3.05) is 57.3 Å². The van der Waals surface area contributed by atoms with E-state index in [1.54, 1.807) is 0 Å². The molecule has 7 N–H and O–H groups in total. The Morgan fingerprint density at radius 2 is 1.88 bits per heavy atom. The zero-order chi connectivity index (χ0) is 23.4. The SMILES string of the molecule is NCCNS(=O)(=O)c1ccc(N2CCN(CCCO)CC2)c(-c2nnn[nH]2)c1S(N)(=O)=O. The van der Waals surface area contributed by atoms with Crippen molar-refractivity contribution in [2.45, 2.75) is 16.2 Å². The lowest BCUT2D eigenvalue weighted by atomic mass is 10.1. The van der Waals surface area contributed by atoms with Gasteiger partial charge in [0.05, 0.1) is 5.56 Å². The molecule has 1 aromatic heterocycles. The summed E-state index contributed by atoms with van der Waals surface area (Å²) in [5, 5.41) is 27.9. The summed E-state index contributed by atoms with van der Waals surface area (Å²) in [6, 6.07) is 2.73. The minimum atomic E-state index is -4.51. The Balaban J connectivity index is 2.12. The molecule has 0 radical (unpaired) electrons. The van der Waals surface area contributed by atoms with Crippen molar-refractivity contribution in [3.05, 3.63) is 12.1 Å². The third-order valence-corrected chi connectivity index (χ3v) is 7.66. The summed E-state index contributed by atoms with van der Waals surface area (Å²) in [4.78, 5) is 3.00. The number of aromatic nitrogens is 4. The highest BCUT2D eigenvalue weighted by atomic mass is 32.2. The molecule has 0 bridgehead atoms. The molecule has 0 atom stereocenters. The van der Waals surface area contributed by atoms with Crippen molar-refractivity contribution in [3.63, 3.8) is 0 Å². The first-order chi connectivity index (χ1) is 15.2. The number of sulfonamides is 2. The smallest absolute Gasteiger partial charge is 0.241 e. The number of aromatic amines is 1. The van der Waals surface area contributed by atoms with Gasteiger partial charge < -0.3 is 15.7 Å². The van der Waals surface area contributed by atoms with Gasteiger partial charge in [0.1, 0.15) is 9.79 Å². The van der Waals surface area contributed by atoms with Crippen LogP contribution in [0, 0.1) is 0 Å². The van der Waals surface area contributed by atoms with Gasteiger partial charge in [0.15, 0.2) is 5.82 Å². The highest BCUT2D eigenvalue weighted by molar-refractivity contribution is 7.92. The number of tetrazole rings is 1. The van der Waals surface area contributed by atoms with Gasteiger partial charge in [-0.05, 0) is 29.0 Å². The molecule has 32 heavy (non-hydrogen) atoms. The number of nitrogens with one attached hydrogen (secondary N) is 2. The van der Waals surface area contributed by atoms with Crippen LogP contribution in [0.2, 0.25) is 0 Å². The first-order valence-electron chi connectivity index (χ1n) is 9.91. The Hall–Kier alpha value is -2.21. The molecule has 1 aliphatic heterocycles. The summed E-state index contributed by atoms with van der Waals surface area (Å²) in [6.07, 6.45) is 0.660. The molecule has 0 spiro atoms. The van der Waals surface area contributed by atoms with Gasteiger partial charge in [-0.25, -0.2) is 31.8 Å². The number of hydrogen-bond acceptors (Lipinski definition) is 11. The maximum atomic E-state index is 12.8. The topological polar surface area (TPSA) is 214 Å². The second kappa shape index (κ2) is 10.2. The van der Waals surface area contributed by atoms with E-state index in [9.17, 15) is 16.8 Å². The van der Waals surface area contributed by atoms with Gasteiger partial charge in [-0.1, -0.05) is 0 Å². The van der Waals surface area contributed by atoms with Crippen molar-refractivity contribution in [2.24, 2.45) is 10.9 Å². The van der Waals surface area contributed by atoms with Crippen LogP contribution < -0.4 is 20.5 Å². The van der Waals surface area contributed by atoms with Crippen molar-refractivity contribution >= 4 is 25.7 Å². The molecule has 0 saturated carbocycles. The van der Waals surface area contributed by atoms with Gasteiger partial charge in [0.2, 0.25) is 20.0 Å². The third kappa shape index (κ3) is 5.40. The lowest BCUT2D eigenvalue weighted by Crippen LogP contribution is -2.47. The lowest BCUT2D eigenvalue weighted by molar-refractivity contribution is 0.216. The number of nitrogens with two attached hydrogens (primary N) is 2. The number of anilines is 1. The third-order valence-electron chi connectivity index (χ3n) is 5.04. The number of primary sulfonamides is 1. The van der Waals surface area contributed by atoms with E-state index < -0.39 is 29.8 Å². The molecule has 0 unspecified atom stereocenters. The predicted octanol–water partition coefficient (Wildman–Crippen LogP) is -2.74. The molecule has 14 nitrogen and oxygen atoms in total. The van der Waals surface area contributed by atoms with Crippen molar-refractivity contribution < 1.29 is 21.9 Å². The molecule has 3 rings (SSSR count). The Labute approximate surface area is 186 Å². The second-order valence-corrected chi connectivity index (χ2v) is 10.4. The van der Waals surface area contributed by atoms with E-state index in [2.05, 4.69) is 30.2 Å². The molecule has 1 saturated heterocycles. The van der Waals surface area contributed by atoms with Crippen LogP contribution in [0.4, 0.5) is 5.69 Å². The Morgan fingerprint density at radius 3 is 2.44 bits per heavy atom. The van der Waals surface area contributed by atoms with Gasteiger partial charge in [-0.2, -0.15) is 0 Å². The molecule has 2 heterocycles. The first kappa shape index (κ1) is 24.4. The average molecular weight is 490 g/mol. The minimum absolute atomic E-state index is 0.0167. The molecule has 1 aliphatic rings. The van der Waals surface area contributed by atoms with Crippen molar-refractivity contribution in [1.82, 2.24) is 30.2 Å². The number of aliphatic hydroxyl groups excluding tert-OH is 1. The largest absolute Gasteiger partial charge is 0.396 e. The second-order valence-electron chi connectivity index (χ2n) is 7.17.